The summed E-state index contributed by atoms with van der Waals surface area (Å²) < 4.78 is 15.2. The summed E-state index contributed by atoms with van der Waals surface area (Å²) in [6, 6.07) is 174. The number of benzene rings is 21. The number of para-hydroxylation sites is 3. The minimum absolute atomic E-state index is 0.650. The minimum Gasteiger partial charge on any atom is -0.308 e. The van der Waals surface area contributed by atoms with Gasteiger partial charge in [-0.25, -0.2) is 29.9 Å². The molecule has 0 bridgehead atoms. The third kappa shape index (κ3) is 14.2. The first-order chi connectivity index (χ1) is 71.4. The third-order valence-corrected chi connectivity index (χ3v) is 31.7. The lowest BCUT2D eigenvalue weighted by Crippen LogP contribution is -2.00. The zero-order valence-corrected chi connectivity index (χ0v) is 80.0. The molecule has 0 fully saturated rings. The van der Waals surface area contributed by atoms with Crippen LogP contribution in [-0.4, -0.2) is 43.6 Å². The second-order valence-electron chi connectivity index (χ2n) is 36.5. The van der Waals surface area contributed by atoms with E-state index in [-0.39, 0.29) is 0 Å². The highest BCUT2D eigenvalue weighted by Crippen LogP contribution is 2.54. The summed E-state index contributed by atoms with van der Waals surface area (Å²) in [5.74, 6) is 2.68. The average molecular weight is 1890 g/mol. The van der Waals surface area contributed by atoms with Crippen molar-refractivity contribution in [3.05, 3.63) is 491 Å². The smallest absolute Gasteiger partial charge is 0.164 e. The first kappa shape index (κ1) is 83.8. The van der Waals surface area contributed by atoms with Crippen LogP contribution in [0.4, 0.5) is 0 Å². The van der Waals surface area contributed by atoms with E-state index in [9.17, 15) is 0 Å². The predicted molar refractivity (Wildman–Crippen MR) is 609 cm³/mol. The number of hydrogen-bond acceptors (Lipinski definition) is 9. The first-order valence-corrected chi connectivity index (χ1v) is 51.0. The highest BCUT2D eigenvalue weighted by molar-refractivity contribution is 7.28. The van der Waals surface area contributed by atoms with E-state index in [4.69, 9.17) is 29.9 Å². The topological polar surface area (TPSA) is 92.1 Å². The summed E-state index contributed by atoms with van der Waals surface area (Å²) in [5.41, 5.74) is 25.0. The lowest BCUT2D eigenvalue weighted by Gasteiger charge is -2.11. The van der Waals surface area contributed by atoms with Crippen LogP contribution in [0.5, 0.6) is 0 Å². The van der Waals surface area contributed by atoms with Crippen molar-refractivity contribution in [2.45, 2.75) is 0 Å². The third-order valence-electron chi connectivity index (χ3n) is 28.2. The van der Waals surface area contributed by atoms with E-state index in [1.807, 2.05) is 107 Å². The van der Waals surface area contributed by atoms with Gasteiger partial charge in [0.1, 0.15) is 0 Å². The molecular formula is C132H81N9S3. The number of aromatic nitrogens is 9. The van der Waals surface area contributed by atoms with Crippen LogP contribution in [0.25, 0.3) is 277 Å². The maximum atomic E-state index is 5.18. The Bertz CT molecular complexity index is 9210. The zero-order chi connectivity index (χ0) is 94.8. The Labute approximate surface area is 839 Å². The summed E-state index contributed by atoms with van der Waals surface area (Å²) in [6.07, 6.45) is 0. The molecule has 0 spiro atoms. The van der Waals surface area contributed by atoms with Crippen LogP contribution in [-0.2, 0) is 0 Å². The molecule has 9 nitrogen and oxygen atoms in total. The zero-order valence-electron chi connectivity index (χ0n) is 77.5. The fourth-order valence-corrected chi connectivity index (χ4v) is 25.5. The summed E-state index contributed by atoms with van der Waals surface area (Å²) in [5, 5.41) is 22.9. The molecule has 30 rings (SSSR count). The Morgan fingerprint density at radius 1 is 0.146 bits per heavy atom. The van der Waals surface area contributed by atoms with Gasteiger partial charge in [-0.2, -0.15) is 0 Å². The van der Waals surface area contributed by atoms with Crippen LogP contribution in [0.1, 0.15) is 0 Å². The highest BCUT2D eigenvalue weighted by Gasteiger charge is 2.29. The molecule has 0 aliphatic rings. The number of hydrogen-bond donors (Lipinski definition) is 0. The Balaban J connectivity index is 0.000000105. The van der Waals surface area contributed by atoms with Crippen molar-refractivity contribution in [1.82, 2.24) is 43.6 Å². The molecule has 12 heteroatoms. The average Bonchev–Trinajstić information content (AvgIpc) is 1.54. The molecule has 0 saturated carbocycles. The van der Waals surface area contributed by atoms with Crippen LogP contribution in [0, 0.1) is 0 Å². The molecule has 0 N–H and O–H groups in total. The van der Waals surface area contributed by atoms with Crippen molar-refractivity contribution in [2.75, 3.05) is 0 Å². The van der Waals surface area contributed by atoms with E-state index < -0.39 is 0 Å². The maximum Gasteiger partial charge on any atom is 0.164 e. The number of rotatable bonds is 12. The predicted octanol–water partition coefficient (Wildman–Crippen LogP) is 36.3. The van der Waals surface area contributed by atoms with E-state index in [1.165, 1.54) is 158 Å². The van der Waals surface area contributed by atoms with Crippen molar-refractivity contribution in [2.24, 2.45) is 0 Å². The van der Waals surface area contributed by atoms with Crippen molar-refractivity contribution in [3.8, 4) is 119 Å². The summed E-state index contributed by atoms with van der Waals surface area (Å²) in [7, 11) is 0. The van der Waals surface area contributed by atoms with Gasteiger partial charge in [0, 0.05) is 140 Å². The normalized spacial score (nSPS) is 11.8. The number of pyridine rings is 1. The number of thiophene rings is 3. The van der Waals surface area contributed by atoms with E-state index >= 15 is 0 Å². The van der Waals surface area contributed by atoms with Crippen LogP contribution >= 0.6 is 34.0 Å². The van der Waals surface area contributed by atoms with Crippen molar-refractivity contribution in [3.63, 3.8) is 0 Å². The van der Waals surface area contributed by atoms with Crippen LogP contribution < -0.4 is 0 Å². The molecule has 30 aromatic rings. The number of fused-ring (bicyclic) bond motifs is 30. The molecule has 0 unspecified atom stereocenters. The molecule has 0 aliphatic heterocycles. The Kier molecular flexibility index (Phi) is 20.3. The van der Waals surface area contributed by atoms with Crippen molar-refractivity contribution < 1.29 is 0 Å². The molecule has 0 amide bonds. The maximum absolute atomic E-state index is 5.18. The van der Waals surface area contributed by atoms with Gasteiger partial charge in [-0.15, -0.1) is 34.0 Å². The molecule has 0 radical (unpaired) electrons. The molecule has 9 heterocycles. The highest BCUT2D eigenvalue weighted by atomic mass is 32.1. The molecule has 144 heavy (non-hydrogen) atoms. The fourth-order valence-electron chi connectivity index (χ4n) is 21.8. The molecule has 0 atom stereocenters. The molecule has 9 aromatic heterocycles. The van der Waals surface area contributed by atoms with Crippen LogP contribution in [0.2, 0.25) is 0 Å². The van der Waals surface area contributed by atoms with Crippen molar-refractivity contribution >= 4 is 192 Å². The molecule has 21 aromatic carbocycles. The van der Waals surface area contributed by atoms with Gasteiger partial charge in [-0.3, -0.25) is 0 Å². The lowest BCUT2D eigenvalue weighted by atomic mass is 9.96. The first-order valence-electron chi connectivity index (χ1n) is 48.5. The minimum atomic E-state index is 0.650. The molecular weight excluding hydrogens is 1810 g/mol. The van der Waals surface area contributed by atoms with Gasteiger partial charge >= 0.3 is 0 Å². The van der Waals surface area contributed by atoms with Gasteiger partial charge in [0.15, 0.2) is 23.3 Å². The van der Waals surface area contributed by atoms with Gasteiger partial charge in [-0.1, -0.05) is 370 Å². The summed E-state index contributed by atoms with van der Waals surface area (Å²) in [4.78, 5) is 30.6. The van der Waals surface area contributed by atoms with E-state index in [1.54, 1.807) is 0 Å². The van der Waals surface area contributed by atoms with Gasteiger partial charge in [-0.05, 0) is 165 Å². The lowest BCUT2D eigenvalue weighted by molar-refractivity contribution is 1.07. The second kappa shape index (κ2) is 34.9. The van der Waals surface area contributed by atoms with Crippen LogP contribution in [0.15, 0.2) is 491 Å². The second-order valence-corrected chi connectivity index (χ2v) is 39.7. The Morgan fingerprint density at radius 2 is 0.375 bits per heavy atom. The monoisotopic (exact) mass is 1890 g/mol. The number of nitrogens with zero attached hydrogens (tertiary/aromatic N) is 9. The summed E-state index contributed by atoms with van der Waals surface area (Å²) >= 11 is 5.66. The van der Waals surface area contributed by atoms with Gasteiger partial charge in [0.05, 0.1) is 70.0 Å². The molecule has 0 saturated heterocycles. The molecule has 672 valence electrons. The standard InChI is InChI=1S/C45H28N2S.C44H27N3S.C43H26N4S/c1-4-14-29(15-5-1)38-27-32(28-39(46-38)30-16-6-2-7-17-30)31-24-25-40-37(26-31)42-34-20-10-11-21-35(34)43-36-22-12-13-23-41(36)48-45(43)44(42)47(40)33-18-8-3-9-19-33;1-4-14-28(15-5-1)36-27-37(29-16-6-2-7-17-29)46-44(45-36)30-24-25-38-35(26-30)40-32-20-10-11-21-33(32)41-34-22-12-13-23-39(34)48-43(41)42(40)47(38)31-18-8-3-9-19-31;1-4-14-27(15-5-1)41-44-42(28-16-6-2-7-17-28)46-43(45-41)29-24-25-35-34(26-29)37-31-20-10-11-21-32(31)38-33-22-12-13-23-36(33)48-40(38)39(37)47(35)30-18-8-3-9-19-30/h1-28H;1-27H;1-26H. The van der Waals surface area contributed by atoms with Crippen molar-refractivity contribution in [1.29, 1.82) is 0 Å². The van der Waals surface area contributed by atoms with Gasteiger partial charge < -0.3 is 13.7 Å². The fraction of sp³-hybridized carbons (Fsp3) is 0. The van der Waals surface area contributed by atoms with E-state index in [0.717, 1.165) is 95.3 Å². The SMILES string of the molecule is c1ccc(-c2cc(-c3ccc4c(c3)c3c5ccccc5c5c6ccccc6sc5c3n4-c3ccccc3)cc(-c3ccccc3)n2)cc1.c1ccc(-c2cc(-c3ccccc3)nc(-c3ccc4c(c3)c3c5ccccc5c5c6ccccc6sc5c3n4-c3ccccc3)n2)cc1.c1ccc(-c2nc(-c3ccccc3)nc(-c3ccc4c(c3)c3c5ccccc5c5c6ccccc6sc5c3n4-c3ccccc3)n2)cc1. The van der Waals surface area contributed by atoms with Gasteiger partial charge in [0.25, 0.3) is 0 Å². The Morgan fingerprint density at radius 3 is 0.681 bits per heavy atom. The molecule has 0 aliphatic carbocycles. The van der Waals surface area contributed by atoms with E-state index in [2.05, 4.69) is 432 Å². The quantitative estimate of drug-likeness (QED) is 0.121. The van der Waals surface area contributed by atoms with E-state index in [0.29, 0.717) is 23.3 Å². The largest absolute Gasteiger partial charge is 0.308 e. The summed E-state index contributed by atoms with van der Waals surface area (Å²) in [6.45, 7) is 0. The van der Waals surface area contributed by atoms with Crippen LogP contribution in [0.3, 0.4) is 0 Å². The Hall–Kier alpha value is -18.3. The van der Waals surface area contributed by atoms with Gasteiger partial charge in [0.2, 0.25) is 0 Å².